The van der Waals surface area contributed by atoms with Gasteiger partial charge in [0.15, 0.2) is 10.8 Å². The van der Waals surface area contributed by atoms with Gasteiger partial charge in [0.2, 0.25) is 6.10 Å². The summed E-state index contributed by atoms with van der Waals surface area (Å²) in [5.41, 5.74) is -0.302. The van der Waals surface area contributed by atoms with Crippen LogP contribution in [0.4, 0.5) is 9.93 Å². The minimum absolute atomic E-state index is 0.00763. The van der Waals surface area contributed by atoms with Crippen molar-refractivity contribution >= 4 is 95.0 Å². The molecule has 4 rings (SSSR count). The van der Waals surface area contributed by atoms with Gasteiger partial charge in [0.1, 0.15) is 45.1 Å². The molecule has 274 valence electrons. The van der Waals surface area contributed by atoms with Gasteiger partial charge < -0.3 is 29.0 Å². The van der Waals surface area contributed by atoms with Gasteiger partial charge in [-0.15, -0.1) is 23.4 Å². The number of hydrogen-bond donors (Lipinski definition) is 2. The molecule has 2 aromatic rings. The van der Waals surface area contributed by atoms with E-state index in [4.69, 9.17) is 46.9 Å². The summed E-state index contributed by atoms with van der Waals surface area (Å²) in [4.78, 5) is 76.4. The molecule has 1 aromatic carbocycles. The van der Waals surface area contributed by atoms with Crippen LogP contribution in [0.5, 0.6) is 5.75 Å². The number of halogens is 2. The third kappa shape index (κ3) is 9.67. The number of benzene rings is 1. The smallest absolute Gasteiger partial charge is 0.413 e. The molecule has 2 unspecified atom stereocenters. The first-order valence-corrected chi connectivity index (χ1v) is 18.2. The highest BCUT2D eigenvalue weighted by Gasteiger charge is 2.54. The van der Waals surface area contributed by atoms with Gasteiger partial charge >= 0.3 is 26.1 Å². The zero-order chi connectivity index (χ0) is 37.6. The third-order valence-electron chi connectivity index (χ3n) is 7.15. The number of amides is 3. The van der Waals surface area contributed by atoms with Crippen molar-refractivity contribution in [2.24, 2.45) is 11.1 Å². The second-order valence-corrected chi connectivity index (χ2v) is 15.3. The van der Waals surface area contributed by atoms with E-state index in [0.717, 1.165) is 11.3 Å². The molecule has 15 nitrogen and oxygen atoms in total. The third-order valence-corrected chi connectivity index (χ3v) is 9.98. The number of β-lactam (4-membered cyclic amide) rings is 1. The van der Waals surface area contributed by atoms with E-state index >= 15 is 0 Å². The van der Waals surface area contributed by atoms with Crippen molar-refractivity contribution in [2.75, 3.05) is 24.1 Å². The first-order valence-electron chi connectivity index (χ1n) is 15.4. The Morgan fingerprint density at radius 3 is 2.45 bits per heavy atom. The summed E-state index contributed by atoms with van der Waals surface area (Å²) >= 11 is 14.7. The lowest BCUT2D eigenvalue weighted by atomic mass is 10.0. The highest BCUT2D eigenvalue weighted by atomic mass is 35.5. The first-order chi connectivity index (χ1) is 24.1. The van der Waals surface area contributed by atoms with E-state index in [1.165, 1.54) is 31.8 Å². The summed E-state index contributed by atoms with van der Waals surface area (Å²) in [6.45, 7) is 8.34. The van der Waals surface area contributed by atoms with E-state index in [-0.39, 0.29) is 39.1 Å². The van der Waals surface area contributed by atoms with Crippen molar-refractivity contribution in [3.8, 4) is 5.75 Å². The van der Waals surface area contributed by atoms with Gasteiger partial charge in [0.25, 0.3) is 11.8 Å². The zero-order valence-electron chi connectivity index (χ0n) is 28.7. The topological polar surface area (TPSA) is 184 Å². The highest BCUT2D eigenvalue weighted by molar-refractivity contribution is 8.00. The SMILES string of the molecule is BOC(=O)[C@@H](O/N=C(\C(=O)NC1C(=O)N2C(C(=O)OCc3ccc(OC)cc3)=C(CCl)CSC12)c1nc(NC(=O)OC(C)(C)C)sc1Cl)C(C)C. The van der Waals surface area contributed by atoms with Crippen molar-refractivity contribution in [3.63, 3.8) is 0 Å². The van der Waals surface area contributed by atoms with Crippen LogP contribution in [0.1, 0.15) is 45.9 Å². The molecule has 0 radical (unpaired) electrons. The molecular formula is C31H36BCl2N5O10S2. The summed E-state index contributed by atoms with van der Waals surface area (Å²) in [5.74, 6) is -2.56. The van der Waals surface area contributed by atoms with E-state index in [9.17, 15) is 24.0 Å². The molecule has 2 aliphatic heterocycles. The lowest BCUT2D eigenvalue weighted by molar-refractivity contribution is -0.153. The zero-order valence-corrected chi connectivity index (χ0v) is 31.9. The summed E-state index contributed by atoms with van der Waals surface area (Å²) < 4.78 is 20.7. The molecular weight excluding hydrogens is 748 g/mol. The molecule has 2 aliphatic rings. The minimum Gasteiger partial charge on any atom is -0.541 e. The standard InChI is InChI=1S/C31H36BCl2N5O10S2/c1-14(2)22(28(43)48-32)49-38-19(18-23(34)51-29(36-18)37-30(44)47-31(3,4)5)24(40)35-20-25(41)39-21(16(11-33)13-50-26(20)39)27(42)46-12-15-7-9-17(45-6)10-8-15/h7-10,14,20,22,26H,11-13,32H2,1-6H3,(H,35,40)(H,36,37,44)/b38-19-/t20?,22-,26?/m0/s1. The summed E-state index contributed by atoms with van der Waals surface area (Å²) in [6.07, 6.45) is -2.03. The Morgan fingerprint density at radius 1 is 1.18 bits per heavy atom. The van der Waals surface area contributed by atoms with Crippen LogP contribution in [-0.4, -0.2) is 95.4 Å². The number of carbonyl (C=O) groups is 5. The number of hydrogen-bond acceptors (Lipinski definition) is 14. The molecule has 3 heterocycles. The number of fused-ring (bicyclic) bond motifs is 1. The van der Waals surface area contributed by atoms with Gasteiger partial charge in [-0.25, -0.2) is 19.4 Å². The molecule has 1 saturated heterocycles. The van der Waals surface area contributed by atoms with E-state index in [0.29, 0.717) is 16.9 Å². The van der Waals surface area contributed by atoms with Crippen molar-refractivity contribution in [1.29, 1.82) is 0 Å². The molecule has 1 fully saturated rings. The summed E-state index contributed by atoms with van der Waals surface area (Å²) in [5, 5.41) is 8.30. The average molecular weight is 785 g/mol. The van der Waals surface area contributed by atoms with Gasteiger partial charge in [-0.2, -0.15) is 0 Å². The van der Waals surface area contributed by atoms with Crippen LogP contribution in [0, 0.1) is 5.92 Å². The number of thioether (sulfide) groups is 1. The Morgan fingerprint density at radius 2 is 1.86 bits per heavy atom. The van der Waals surface area contributed by atoms with Crippen LogP contribution in [0.2, 0.25) is 4.34 Å². The number of esters is 1. The maximum atomic E-state index is 13.8. The number of aromatic nitrogens is 1. The number of anilines is 1. The fourth-order valence-corrected chi connectivity index (χ4v) is 7.38. The van der Waals surface area contributed by atoms with Gasteiger partial charge in [-0.1, -0.05) is 54.1 Å². The normalized spacial score (nSPS) is 17.9. The predicted octanol–water partition coefficient (Wildman–Crippen LogP) is 3.62. The minimum atomic E-state index is -1.21. The van der Waals surface area contributed by atoms with Crippen LogP contribution < -0.4 is 15.4 Å². The van der Waals surface area contributed by atoms with E-state index in [2.05, 4.69) is 20.8 Å². The molecule has 0 saturated carbocycles. The predicted molar refractivity (Wildman–Crippen MR) is 193 cm³/mol. The van der Waals surface area contributed by atoms with E-state index in [1.54, 1.807) is 58.9 Å². The molecule has 1 aromatic heterocycles. The quantitative estimate of drug-likeness (QED) is 0.0753. The van der Waals surface area contributed by atoms with Crippen molar-refractivity contribution in [2.45, 2.75) is 64.3 Å². The van der Waals surface area contributed by atoms with Crippen LogP contribution in [-0.2, 0) is 44.8 Å². The number of thiazole rings is 1. The monoisotopic (exact) mass is 783 g/mol. The number of methoxy groups -OCH3 is 1. The Hall–Kier alpha value is -4.00. The van der Waals surface area contributed by atoms with Crippen molar-refractivity contribution in [1.82, 2.24) is 15.2 Å². The van der Waals surface area contributed by atoms with Crippen LogP contribution in [0.15, 0.2) is 40.7 Å². The van der Waals surface area contributed by atoms with Crippen molar-refractivity contribution < 1.29 is 47.7 Å². The summed E-state index contributed by atoms with van der Waals surface area (Å²) in [7, 11) is 2.71. The van der Waals surface area contributed by atoms with Crippen LogP contribution in [0.25, 0.3) is 0 Å². The highest BCUT2D eigenvalue weighted by Crippen LogP contribution is 2.41. The Kier molecular flexibility index (Phi) is 13.3. The molecule has 0 aliphatic carbocycles. The Balaban J connectivity index is 1.56. The number of rotatable bonds is 13. The second kappa shape index (κ2) is 17.0. The number of oxime groups is 1. The van der Waals surface area contributed by atoms with Crippen LogP contribution >= 0.6 is 46.3 Å². The molecule has 3 atom stereocenters. The summed E-state index contributed by atoms with van der Waals surface area (Å²) in [6, 6.07) is 5.82. The lowest BCUT2D eigenvalue weighted by Crippen LogP contribution is -2.71. The van der Waals surface area contributed by atoms with Gasteiger partial charge in [-0.3, -0.25) is 19.8 Å². The Labute approximate surface area is 313 Å². The fraction of sp³-hybridized carbons (Fsp3) is 0.452. The van der Waals surface area contributed by atoms with Crippen LogP contribution in [0.3, 0.4) is 0 Å². The number of nitrogens with one attached hydrogen (secondary N) is 2. The second-order valence-electron chi connectivity index (χ2n) is 12.4. The number of ether oxygens (including phenoxy) is 3. The number of nitrogens with zero attached hydrogens (tertiary/aromatic N) is 3. The Bertz CT molecular complexity index is 1730. The van der Waals surface area contributed by atoms with Crippen molar-refractivity contribution in [3.05, 3.63) is 51.1 Å². The number of alkyl halides is 1. The van der Waals surface area contributed by atoms with Gasteiger partial charge in [-0.05, 0) is 44.0 Å². The van der Waals surface area contributed by atoms with E-state index in [1.807, 2.05) is 0 Å². The van der Waals surface area contributed by atoms with Gasteiger partial charge in [0, 0.05) is 17.6 Å². The largest absolute Gasteiger partial charge is 0.541 e. The van der Waals surface area contributed by atoms with Gasteiger partial charge in [0.05, 0.1) is 7.11 Å². The molecule has 3 amide bonds. The molecule has 20 heteroatoms. The average Bonchev–Trinajstić information content (AvgIpc) is 3.44. The lowest BCUT2D eigenvalue weighted by Gasteiger charge is -2.49. The fourth-order valence-electron chi connectivity index (χ4n) is 4.67. The molecule has 2 N–H and O–H groups in total. The molecule has 0 spiro atoms. The molecule has 51 heavy (non-hydrogen) atoms. The maximum absolute atomic E-state index is 13.8. The molecule has 0 bridgehead atoms. The first kappa shape index (κ1) is 39.8. The van der Waals surface area contributed by atoms with E-state index < -0.39 is 64.6 Å². The maximum Gasteiger partial charge on any atom is 0.413 e. The number of carbonyl (C=O) groups excluding carboxylic acids is 5.